The Kier molecular flexibility index (Phi) is 9.60. The van der Waals surface area contributed by atoms with Crippen LogP contribution in [0.15, 0.2) is 118 Å². The van der Waals surface area contributed by atoms with E-state index in [1.165, 1.54) is 30.3 Å². The quantitative estimate of drug-likeness (QED) is 0.0762. The van der Waals surface area contributed by atoms with Crippen LogP contribution in [0.2, 0.25) is 0 Å². The van der Waals surface area contributed by atoms with Crippen molar-refractivity contribution in [2.45, 2.75) is 56.2 Å². The molecule has 14 heteroatoms. The Morgan fingerprint density at radius 3 is 1.98 bits per heavy atom. The average molecular weight is 807 g/mol. The second-order valence-electron chi connectivity index (χ2n) is 15.8. The molecule has 0 atom stereocenters. The van der Waals surface area contributed by atoms with Gasteiger partial charge in [-0.25, -0.2) is 0 Å². The Morgan fingerprint density at radius 1 is 0.737 bits per heavy atom. The lowest BCUT2D eigenvalue weighted by Crippen LogP contribution is -2.25. The van der Waals surface area contributed by atoms with Crippen molar-refractivity contribution in [1.29, 1.82) is 0 Å². The molecule has 0 amide bonds. The molecular formula is C43H38N2O10S2. The summed E-state index contributed by atoms with van der Waals surface area (Å²) in [6.45, 7) is 10.1. The molecule has 0 saturated carbocycles. The van der Waals surface area contributed by atoms with Crippen LogP contribution >= 0.6 is 0 Å². The van der Waals surface area contributed by atoms with Gasteiger partial charge in [-0.1, -0.05) is 95.3 Å². The van der Waals surface area contributed by atoms with Crippen molar-refractivity contribution >= 4 is 54.1 Å². The standard InChI is InChI=1S/C43H38N2O10S2/c1-42(2,3)23-43(4,5)25-15-20-31(33(21-25)57(52,53)54)55-32-22-30(44-26-16-18-27(19-17-26)56(49,50)51)35-36-34(28-13-9-10-14-29(28)40(35)47)37(41(48)45-38(32)36)39(46)24-11-7-6-8-12-24/h6-22,44H,23H2,1-5H3,(H,45,48)(H,49,50,51)(H,52,53,54). The number of carbonyl (C=O) groups is 2. The highest BCUT2D eigenvalue weighted by Crippen LogP contribution is 2.48. The number of fused-ring (bicyclic) bond motifs is 2. The first-order valence-corrected chi connectivity index (χ1v) is 20.7. The van der Waals surface area contributed by atoms with E-state index in [0.717, 1.165) is 12.1 Å². The van der Waals surface area contributed by atoms with E-state index in [9.17, 15) is 40.3 Å². The van der Waals surface area contributed by atoms with Gasteiger partial charge in [0.25, 0.3) is 25.8 Å². The maximum absolute atomic E-state index is 14.5. The van der Waals surface area contributed by atoms with Gasteiger partial charge in [0.2, 0.25) is 0 Å². The Balaban J connectivity index is 1.53. The molecule has 0 spiro atoms. The minimum Gasteiger partial charge on any atom is -0.454 e. The number of aromatic nitrogens is 1. The Bertz CT molecular complexity index is 2930. The van der Waals surface area contributed by atoms with E-state index in [4.69, 9.17) is 4.74 Å². The summed E-state index contributed by atoms with van der Waals surface area (Å²) in [4.78, 5) is 44.8. The smallest absolute Gasteiger partial charge is 0.298 e. The molecule has 0 aliphatic heterocycles. The van der Waals surface area contributed by atoms with Crippen LogP contribution in [-0.2, 0) is 25.7 Å². The lowest BCUT2D eigenvalue weighted by molar-refractivity contribution is 0.102. The van der Waals surface area contributed by atoms with Crippen LogP contribution in [0, 0.1) is 5.41 Å². The fourth-order valence-electron chi connectivity index (χ4n) is 7.74. The van der Waals surface area contributed by atoms with Crippen molar-refractivity contribution in [2.24, 2.45) is 5.41 Å². The summed E-state index contributed by atoms with van der Waals surface area (Å²) in [5.41, 5.74) is 0.0917. The number of pyridine rings is 1. The number of benzene rings is 5. The molecule has 0 bridgehead atoms. The van der Waals surface area contributed by atoms with E-state index in [0.29, 0.717) is 17.5 Å². The highest BCUT2D eigenvalue weighted by atomic mass is 32.2. The van der Waals surface area contributed by atoms with E-state index in [1.54, 1.807) is 60.7 Å². The highest BCUT2D eigenvalue weighted by molar-refractivity contribution is 7.86. The monoisotopic (exact) mass is 806 g/mol. The third kappa shape index (κ3) is 7.52. The first-order chi connectivity index (χ1) is 26.6. The van der Waals surface area contributed by atoms with E-state index >= 15 is 0 Å². The van der Waals surface area contributed by atoms with Crippen LogP contribution in [0.3, 0.4) is 0 Å². The first-order valence-electron chi connectivity index (χ1n) is 17.8. The third-order valence-corrected chi connectivity index (χ3v) is 11.6. The zero-order chi connectivity index (χ0) is 41.2. The third-order valence-electron chi connectivity index (χ3n) is 9.81. The molecule has 7 rings (SSSR count). The number of H-pyrrole nitrogens is 1. The molecule has 57 heavy (non-hydrogen) atoms. The van der Waals surface area contributed by atoms with Crippen molar-refractivity contribution in [2.75, 3.05) is 5.32 Å². The van der Waals surface area contributed by atoms with Gasteiger partial charge in [-0.05, 0) is 64.8 Å². The van der Waals surface area contributed by atoms with Crippen LogP contribution in [0.5, 0.6) is 11.5 Å². The minimum absolute atomic E-state index is 0.0255. The Labute approximate surface area is 329 Å². The summed E-state index contributed by atoms with van der Waals surface area (Å²) in [5.74, 6) is -1.55. The summed E-state index contributed by atoms with van der Waals surface area (Å²) >= 11 is 0. The number of hydrogen-bond donors (Lipinski definition) is 4. The zero-order valence-corrected chi connectivity index (χ0v) is 33.1. The first kappa shape index (κ1) is 39.3. The summed E-state index contributed by atoms with van der Waals surface area (Å²) in [6, 6.07) is 25.5. The van der Waals surface area contributed by atoms with Crippen molar-refractivity contribution < 1.29 is 40.3 Å². The lowest BCUT2D eigenvalue weighted by Gasteiger charge is -2.33. The summed E-state index contributed by atoms with van der Waals surface area (Å²) < 4.78 is 76.0. The van der Waals surface area contributed by atoms with Crippen molar-refractivity contribution in [3.05, 3.63) is 141 Å². The highest BCUT2D eigenvalue weighted by Gasteiger charge is 2.36. The molecule has 1 aromatic heterocycles. The molecule has 6 aromatic rings. The predicted molar refractivity (Wildman–Crippen MR) is 216 cm³/mol. The molecule has 0 fully saturated rings. The van der Waals surface area contributed by atoms with Crippen LogP contribution < -0.4 is 15.6 Å². The maximum Gasteiger partial charge on any atom is 0.298 e. The van der Waals surface area contributed by atoms with Crippen molar-refractivity contribution in [3.63, 3.8) is 0 Å². The fraction of sp³-hybridized carbons (Fsp3) is 0.186. The van der Waals surface area contributed by atoms with Gasteiger partial charge in [0.1, 0.15) is 10.6 Å². The number of aromatic amines is 1. The summed E-state index contributed by atoms with van der Waals surface area (Å²) in [7, 11) is -9.43. The molecule has 12 nitrogen and oxygen atoms in total. The molecule has 1 heterocycles. The van der Waals surface area contributed by atoms with Crippen LogP contribution in [0.25, 0.3) is 22.0 Å². The number of carbonyl (C=O) groups excluding carboxylic acids is 2. The number of ketones is 2. The van der Waals surface area contributed by atoms with Gasteiger partial charge in [0.05, 0.1) is 27.2 Å². The van der Waals surface area contributed by atoms with Gasteiger partial charge >= 0.3 is 0 Å². The van der Waals surface area contributed by atoms with E-state index in [1.807, 2.05) is 13.8 Å². The summed E-state index contributed by atoms with van der Waals surface area (Å²) in [6.07, 6.45) is 0.668. The zero-order valence-electron chi connectivity index (χ0n) is 31.5. The van der Waals surface area contributed by atoms with Gasteiger partial charge in [-0.2, -0.15) is 16.8 Å². The SMILES string of the molecule is CC(C)(C)CC(C)(C)c1ccc(Oc2cc(Nc3ccc(S(=O)(=O)O)cc3)c3c4c(c(C(=O)c5ccccc5)c(=O)[nH]c24)-c2ccccc2C3=O)c(S(=O)(=O)O)c1. The van der Waals surface area contributed by atoms with Crippen LogP contribution in [-0.4, -0.2) is 42.5 Å². The predicted octanol–water partition coefficient (Wildman–Crippen LogP) is 8.71. The van der Waals surface area contributed by atoms with Gasteiger partial charge in [-0.3, -0.25) is 23.5 Å². The van der Waals surface area contributed by atoms with E-state index in [2.05, 4.69) is 31.1 Å². The van der Waals surface area contributed by atoms with Gasteiger partial charge in [0.15, 0.2) is 17.3 Å². The van der Waals surface area contributed by atoms with Crippen LogP contribution in [0.1, 0.15) is 78.4 Å². The van der Waals surface area contributed by atoms with E-state index < -0.39 is 47.7 Å². The molecular weight excluding hydrogens is 769 g/mol. The lowest BCUT2D eigenvalue weighted by atomic mass is 9.72. The molecule has 5 aromatic carbocycles. The van der Waals surface area contributed by atoms with Gasteiger partial charge in [-0.15, -0.1) is 0 Å². The van der Waals surface area contributed by atoms with Crippen molar-refractivity contribution in [3.8, 4) is 22.6 Å². The molecule has 1 aliphatic rings. The second kappa shape index (κ2) is 13.9. The number of nitrogens with one attached hydrogen (secondary N) is 2. The molecule has 4 N–H and O–H groups in total. The average Bonchev–Trinajstić information content (AvgIpc) is 3.13. The fourth-order valence-corrected chi connectivity index (χ4v) is 8.86. The number of anilines is 2. The van der Waals surface area contributed by atoms with Gasteiger partial charge < -0.3 is 15.0 Å². The topological polar surface area (TPSA) is 197 Å². The van der Waals surface area contributed by atoms with Crippen molar-refractivity contribution in [1.82, 2.24) is 4.98 Å². The second-order valence-corrected chi connectivity index (χ2v) is 18.6. The van der Waals surface area contributed by atoms with Gasteiger partial charge in [0, 0.05) is 33.8 Å². The molecule has 0 radical (unpaired) electrons. The number of rotatable bonds is 10. The number of ether oxygens (including phenoxy) is 1. The Morgan fingerprint density at radius 2 is 1.37 bits per heavy atom. The molecule has 0 unspecified atom stereocenters. The maximum atomic E-state index is 14.5. The molecule has 0 saturated heterocycles. The number of hydrogen-bond acceptors (Lipinski definition) is 9. The van der Waals surface area contributed by atoms with Crippen LogP contribution in [0.4, 0.5) is 11.4 Å². The minimum atomic E-state index is -4.90. The summed E-state index contributed by atoms with van der Waals surface area (Å²) in [5, 5.41) is 3.23. The Hall–Kier alpha value is -5.93. The molecule has 292 valence electrons. The largest absolute Gasteiger partial charge is 0.454 e. The van der Waals surface area contributed by atoms with E-state index in [-0.39, 0.29) is 71.9 Å². The molecule has 1 aliphatic carbocycles. The normalized spacial score (nSPS) is 13.0.